The first-order valence-electron chi connectivity index (χ1n) is 4.20. The molecular formula is C9H7ClN2O2S. The van der Waals surface area contributed by atoms with Gasteiger partial charge in [0.05, 0.1) is 6.54 Å². The molecule has 0 unspecified atom stereocenters. The largest absolute Gasteiger partial charge is 0.338 e. The third kappa shape index (κ3) is 2.37. The first kappa shape index (κ1) is 10.2. The maximum atomic E-state index is 11.2. The van der Waals surface area contributed by atoms with Crippen LogP contribution in [-0.2, 0) is 6.54 Å². The predicted octanol–water partition coefficient (Wildman–Crippen LogP) is 1.30. The zero-order valence-corrected chi connectivity index (χ0v) is 9.14. The first-order valence-corrected chi connectivity index (χ1v) is 5.35. The zero-order valence-electron chi connectivity index (χ0n) is 7.57. The lowest BCUT2D eigenvalue weighted by Gasteiger charge is -2.00. The van der Waals surface area contributed by atoms with Gasteiger partial charge in [-0.3, -0.25) is 9.78 Å². The fourth-order valence-electron chi connectivity index (χ4n) is 1.22. The summed E-state index contributed by atoms with van der Waals surface area (Å²) in [5, 5.41) is 0.614. The lowest BCUT2D eigenvalue weighted by molar-refractivity contribution is 0.822. The Labute approximate surface area is 93.9 Å². The van der Waals surface area contributed by atoms with Crippen molar-refractivity contribution in [1.29, 1.82) is 0 Å². The first-order chi connectivity index (χ1) is 7.15. The van der Waals surface area contributed by atoms with Gasteiger partial charge in [-0.2, -0.15) is 0 Å². The highest BCUT2D eigenvalue weighted by Crippen LogP contribution is 2.11. The minimum atomic E-state index is -0.384. The van der Waals surface area contributed by atoms with E-state index in [1.807, 2.05) is 6.07 Å². The number of nitrogens with zero attached hydrogens (tertiary/aromatic N) is 1. The SMILES string of the molecule is O=c1[nH]c(=O)n(Cc2cccc(Cl)c2)s1. The molecule has 0 atom stereocenters. The number of halogens is 1. The highest BCUT2D eigenvalue weighted by molar-refractivity contribution is 7.03. The molecule has 1 heterocycles. The van der Waals surface area contributed by atoms with E-state index in [1.165, 1.54) is 3.96 Å². The van der Waals surface area contributed by atoms with E-state index in [-0.39, 0.29) is 10.6 Å². The van der Waals surface area contributed by atoms with Gasteiger partial charge in [-0.15, -0.1) is 0 Å². The Morgan fingerprint density at radius 2 is 2.20 bits per heavy atom. The highest BCUT2D eigenvalue weighted by Gasteiger charge is 2.02. The number of hydrogen-bond donors (Lipinski definition) is 1. The lowest BCUT2D eigenvalue weighted by Crippen LogP contribution is -2.16. The zero-order chi connectivity index (χ0) is 10.8. The Hall–Kier alpha value is -1.33. The quantitative estimate of drug-likeness (QED) is 0.863. The van der Waals surface area contributed by atoms with Crippen molar-refractivity contribution in [2.24, 2.45) is 0 Å². The van der Waals surface area contributed by atoms with Crippen LogP contribution in [0.4, 0.5) is 0 Å². The van der Waals surface area contributed by atoms with Crippen LogP contribution in [-0.4, -0.2) is 8.94 Å². The summed E-state index contributed by atoms with van der Waals surface area (Å²) in [5.74, 6) is 0. The van der Waals surface area contributed by atoms with Gasteiger partial charge < -0.3 is 0 Å². The molecule has 0 amide bonds. The summed E-state index contributed by atoms with van der Waals surface area (Å²) in [7, 11) is 0. The van der Waals surface area contributed by atoms with Crippen molar-refractivity contribution in [1.82, 2.24) is 8.94 Å². The molecule has 0 aliphatic heterocycles. The van der Waals surface area contributed by atoms with Gasteiger partial charge in [0, 0.05) is 16.6 Å². The van der Waals surface area contributed by atoms with Crippen LogP contribution in [0.15, 0.2) is 33.9 Å². The topological polar surface area (TPSA) is 54.9 Å². The third-order valence-corrected chi connectivity index (χ3v) is 2.86. The van der Waals surface area contributed by atoms with E-state index in [9.17, 15) is 9.59 Å². The van der Waals surface area contributed by atoms with Crippen LogP contribution in [0.2, 0.25) is 5.02 Å². The van der Waals surface area contributed by atoms with Crippen molar-refractivity contribution in [3.05, 3.63) is 55.0 Å². The number of aromatic amines is 1. The lowest BCUT2D eigenvalue weighted by atomic mass is 10.2. The van der Waals surface area contributed by atoms with E-state index in [0.29, 0.717) is 11.6 Å². The molecule has 0 aliphatic rings. The molecule has 6 heteroatoms. The Bertz CT molecular complexity index is 584. The van der Waals surface area contributed by atoms with E-state index < -0.39 is 0 Å². The monoisotopic (exact) mass is 242 g/mol. The van der Waals surface area contributed by atoms with Crippen molar-refractivity contribution in [2.75, 3.05) is 0 Å². The fourth-order valence-corrected chi connectivity index (χ4v) is 2.11. The number of rotatable bonds is 2. The number of aromatic nitrogens is 2. The molecule has 1 aromatic heterocycles. The number of nitrogens with one attached hydrogen (secondary N) is 1. The Balaban J connectivity index is 2.33. The minimum absolute atomic E-state index is 0.345. The minimum Gasteiger partial charge on any atom is -0.263 e. The van der Waals surface area contributed by atoms with Crippen molar-refractivity contribution in [3.63, 3.8) is 0 Å². The second-order valence-corrected chi connectivity index (χ2v) is 4.41. The summed E-state index contributed by atoms with van der Waals surface area (Å²) < 4.78 is 1.36. The summed E-state index contributed by atoms with van der Waals surface area (Å²) in [4.78, 5) is 23.9. The smallest absolute Gasteiger partial charge is 0.263 e. The molecule has 0 radical (unpaired) electrons. The molecule has 0 aliphatic carbocycles. The normalized spacial score (nSPS) is 10.5. The van der Waals surface area contributed by atoms with Gasteiger partial charge in [-0.05, 0) is 17.7 Å². The van der Waals surface area contributed by atoms with Crippen LogP contribution in [0, 0.1) is 0 Å². The molecule has 0 saturated heterocycles. The third-order valence-electron chi connectivity index (χ3n) is 1.84. The maximum Gasteiger partial charge on any atom is 0.338 e. The van der Waals surface area contributed by atoms with E-state index in [2.05, 4.69) is 4.98 Å². The molecule has 4 nitrogen and oxygen atoms in total. The second kappa shape index (κ2) is 4.04. The fraction of sp³-hybridized carbons (Fsp3) is 0.111. The summed E-state index contributed by atoms with van der Waals surface area (Å²) >= 11 is 6.67. The van der Waals surface area contributed by atoms with Gasteiger partial charge in [0.1, 0.15) is 0 Å². The molecular weight excluding hydrogens is 236 g/mol. The molecule has 78 valence electrons. The van der Waals surface area contributed by atoms with E-state index >= 15 is 0 Å². The summed E-state index contributed by atoms with van der Waals surface area (Å²) in [5.41, 5.74) is 0.504. The number of hydrogen-bond acceptors (Lipinski definition) is 3. The van der Waals surface area contributed by atoms with Gasteiger partial charge in [-0.25, -0.2) is 8.75 Å². The van der Waals surface area contributed by atoms with Gasteiger partial charge in [0.2, 0.25) is 0 Å². The Kier molecular flexibility index (Phi) is 2.75. The maximum absolute atomic E-state index is 11.2. The van der Waals surface area contributed by atoms with Crippen molar-refractivity contribution in [2.45, 2.75) is 6.54 Å². The van der Waals surface area contributed by atoms with Gasteiger partial charge >= 0.3 is 10.6 Å². The molecule has 0 saturated carbocycles. The van der Waals surface area contributed by atoms with Crippen molar-refractivity contribution in [3.8, 4) is 0 Å². The van der Waals surface area contributed by atoms with Gasteiger partial charge in [0.25, 0.3) is 0 Å². The molecule has 1 N–H and O–H groups in total. The van der Waals surface area contributed by atoms with Gasteiger partial charge in [0.15, 0.2) is 0 Å². The van der Waals surface area contributed by atoms with Crippen LogP contribution < -0.4 is 10.6 Å². The Morgan fingerprint density at radius 3 is 2.80 bits per heavy atom. The van der Waals surface area contributed by atoms with Crippen LogP contribution in [0.5, 0.6) is 0 Å². The molecule has 0 bridgehead atoms. The molecule has 1 aromatic carbocycles. The van der Waals surface area contributed by atoms with Crippen LogP contribution in [0.25, 0.3) is 0 Å². The average molecular weight is 243 g/mol. The summed E-state index contributed by atoms with van der Waals surface area (Å²) in [6, 6.07) is 7.17. The van der Waals surface area contributed by atoms with E-state index in [0.717, 1.165) is 17.1 Å². The van der Waals surface area contributed by atoms with Crippen LogP contribution >= 0.6 is 23.1 Å². The number of benzene rings is 1. The predicted molar refractivity (Wildman–Crippen MR) is 59.8 cm³/mol. The number of H-pyrrole nitrogens is 1. The molecule has 0 fully saturated rings. The molecule has 2 rings (SSSR count). The molecule has 2 aromatic rings. The van der Waals surface area contributed by atoms with Crippen molar-refractivity contribution < 1.29 is 0 Å². The summed E-state index contributed by atoms with van der Waals surface area (Å²) in [6.07, 6.45) is 0. The standard InChI is InChI=1S/C9H7ClN2O2S/c10-7-3-1-2-6(4-7)5-12-8(13)11-9(14)15-12/h1-4H,5H2,(H,11,13,14). The highest BCUT2D eigenvalue weighted by atomic mass is 35.5. The Morgan fingerprint density at radius 1 is 1.40 bits per heavy atom. The summed E-state index contributed by atoms with van der Waals surface area (Å²) in [6.45, 7) is 0.364. The van der Waals surface area contributed by atoms with Crippen LogP contribution in [0.1, 0.15) is 5.56 Å². The van der Waals surface area contributed by atoms with Crippen molar-refractivity contribution >= 4 is 23.1 Å². The van der Waals surface area contributed by atoms with Crippen LogP contribution in [0.3, 0.4) is 0 Å². The molecule has 0 spiro atoms. The molecule has 15 heavy (non-hydrogen) atoms. The van der Waals surface area contributed by atoms with E-state index in [4.69, 9.17) is 11.6 Å². The van der Waals surface area contributed by atoms with E-state index in [1.54, 1.807) is 18.2 Å². The van der Waals surface area contributed by atoms with Gasteiger partial charge in [-0.1, -0.05) is 23.7 Å². The second-order valence-electron chi connectivity index (χ2n) is 2.98. The average Bonchev–Trinajstić information content (AvgIpc) is 2.45.